The van der Waals surface area contributed by atoms with Crippen molar-refractivity contribution in [3.63, 3.8) is 0 Å². The minimum Gasteiger partial charge on any atom is -0.374 e. The van der Waals surface area contributed by atoms with Crippen molar-refractivity contribution >= 4 is 0 Å². The molecule has 0 aliphatic carbocycles. The minimum absolute atomic E-state index is 0.243. The summed E-state index contributed by atoms with van der Waals surface area (Å²) in [6, 6.07) is 9.05. The monoisotopic (exact) mass is 262 g/mol. The number of nitrogens with one attached hydrogen (secondary N) is 1. The molecule has 0 bridgehead atoms. The predicted molar refractivity (Wildman–Crippen MR) is 79.5 cm³/mol. The van der Waals surface area contributed by atoms with Crippen molar-refractivity contribution < 1.29 is 4.74 Å². The normalized spacial score (nSPS) is 22.4. The van der Waals surface area contributed by atoms with Crippen LogP contribution in [0.3, 0.4) is 0 Å². The molecule has 106 valence electrons. The topological polar surface area (TPSA) is 24.5 Å². The number of benzene rings is 1. The Morgan fingerprint density at radius 2 is 2.32 bits per heavy atom. The minimum atomic E-state index is 0.243. The maximum Gasteiger partial charge on any atom is 0.0896 e. The van der Waals surface area contributed by atoms with Gasteiger partial charge in [-0.15, -0.1) is 0 Å². The summed E-state index contributed by atoms with van der Waals surface area (Å²) in [6.45, 7) is 8.24. The Balaban J connectivity index is 2.14. The lowest BCUT2D eigenvalue weighted by Gasteiger charge is -2.36. The number of hydrogen-bond acceptors (Lipinski definition) is 3. The van der Waals surface area contributed by atoms with Crippen LogP contribution in [0.15, 0.2) is 24.3 Å². The van der Waals surface area contributed by atoms with Gasteiger partial charge in [-0.2, -0.15) is 0 Å². The van der Waals surface area contributed by atoms with E-state index in [-0.39, 0.29) is 6.10 Å². The molecule has 1 aromatic rings. The molecule has 1 saturated heterocycles. The van der Waals surface area contributed by atoms with Gasteiger partial charge in [0, 0.05) is 13.1 Å². The molecule has 1 aliphatic rings. The third-order valence-electron chi connectivity index (χ3n) is 3.68. The van der Waals surface area contributed by atoms with Gasteiger partial charge in [-0.1, -0.05) is 36.8 Å². The van der Waals surface area contributed by atoms with E-state index >= 15 is 0 Å². The summed E-state index contributed by atoms with van der Waals surface area (Å²) in [4.78, 5) is 2.35. The molecule has 2 rings (SSSR count). The largest absolute Gasteiger partial charge is 0.374 e. The first-order valence-corrected chi connectivity index (χ1v) is 7.31. The van der Waals surface area contributed by atoms with Gasteiger partial charge < -0.3 is 15.0 Å². The van der Waals surface area contributed by atoms with E-state index in [0.29, 0.717) is 6.04 Å². The molecule has 0 saturated carbocycles. The standard InChI is InChI=1S/C16H26N2O/c1-4-8-17-16(14-7-5-6-13(2)11-14)15-12-18(3)9-10-19-15/h5-7,11,15-17H,4,8-10,12H2,1-3H3. The number of ether oxygens (including phenoxy) is 1. The van der Waals surface area contributed by atoms with Gasteiger partial charge >= 0.3 is 0 Å². The Hall–Kier alpha value is -0.900. The van der Waals surface area contributed by atoms with Crippen LogP contribution in [-0.4, -0.2) is 44.3 Å². The number of likely N-dealkylation sites (N-methyl/N-ethyl adjacent to an activating group) is 1. The second-order valence-corrected chi connectivity index (χ2v) is 5.52. The van der Waals surface area contributed by atoms with Crippen LogP contribution in [0.2, 0.25) is 0 Å². The van der Waals surface area contributed by atoms with Gasteiger partial charge in [0.25, 0.3) is 0 Å². The van der Waals surface area contributed by atoms with E-state index in [1.54, 1.807) is 0 Å². The Morgan fingerprint density at radius 3 is 3.00 bits per heavy atom. The van der Waals surface area contributed by atoms with Crippen molar-refractivity contribution in [2.24, 2.45) is 0 Å². The fraction of sp³-hybridized carbons (Fsp3) is 0.625. The second-order valence-electron chi connectivity index (χ2n) is 5.52. The molecule has 1 N–H and O–H groups in total. The van der Waals surface area contributed by atoms with Crippen molar-refractivity contribution in [3.05, 3.63) is 35.4 Å². The molecule has 0 radical (unpaired) electrons. The smallest absolute Gasteiger partial charge is 0.0896 e. The molecule has 2 atom stereocenters. The number of nitrogens with zero attached hydrogens (tertiary/aromatic N) is 1. The lowest BCUT2D eigenvalue weighted by Crippen LogP contribution is -2.46. The fourth-order valence-corrected chi connectivity index (χ4v) is 2.64. The van der Waals surface area contributed by atoms with Crippen LogP contribution < -0.4 is 5.32 Å². The predicted octanol–water partition coefficient (Wildman–Crippen LogP) is 2.37. The molecule has 3 heteroatoms. The van der Waals surface area contributed by atoms with Crippen molar-refractivity contribution in [1.82, 2.24) is 10.2 Å². The Bertz CT molecular complexity index is 394. The van der Waals surface area contributed by atoms with E-state index in [2.05, 4.69) is 55.4 Å². The van der Waals surface area contributed by atoms with Gasteiger partial charge in [-0.25, -0.2) is 0 Å². The maximum absolute atomic E-state index is 6.00. The number of rotatable bonds is 5. The zero-order valence-electron chi connectivity index (χ0n) is 12.4. The van der Waals surface area contributed by atoms with E-state index < -0.39 is 0 Å². The van der Waals surface area contributed by atoms with Crippen molar-refractivity contribution in [3.8, 4) is 0 Å². The SMILES string of the molecule is CCCNC(c1cccc(C)c1)C1CN(C)CCO1. The molecule has 1 fully saturated rings. The molecule has 1 aliphatic heterocycles. The molecule has 19 heavy (non-hydrogen) atoms. The van der Waals surface area contributed by atoms with Gasteiger partial charge in [-0.05, 0) is 32.5 Å². The average Bonchev–Trinajstić information content (AvgIpc) is 2.39. The van der Waals surface area contributed by atoms with Crippen LogP contribution in [0.4, 0.5) is 0 Å². The first-order valence-electron chi connectivity index (χ1n) is 7.31. The summed E-state index contributed by atoms with van der Waals surface area (Å²) in [5.74, 6) is 0. The first-order chi connectivity index (χ1) is 9.20. The molecular weight excluding hydrogens is 236 g/mol. The second kappa shape index (κ2) is 7.04. The number of aryl methyl sites for hydroxylation is 1. The summed E-state index contributed by atoms with van der Waals surface area (Å²) >= 11 is 0. The zero-order valence-corrected chi connectivity index (χ0v) is 12.4. The zero-order chi connectivity index (χ0) is 13.7. The highest BCUT2D eigenvalue weighted by Gasteiger charge is 2.27. The van der Waals surface area contributed by atoms with Crippen LogP contribution in [-0.2, 0) is 4.74 Å². The highest BCUT2D eigenvalue weighted by molar-refractivity contribution is 5.26. The third kappa shape index (κ3) is 4.03. The third-order valence-corrected chi connectivity index (χ3v) is 3.68. The first kappa shape index (κ1) is 14.5. The molecule has 1 aromatic carbocycles. The summed E-state index contributed by atoms with van der Waals surface area (Å²) in [6.07, 6.45) is 1.39. The Morgan fingerprint density at radius 1 is 1.47 bits per heavy atom. The molecule has 2 unspecified atom stereocenters. The molecule has 1 heterocycles. The fourth-order valence-electron chi connectivity index (χ4n) is 2.64. The maximum atomic E-state index is 6.00. The van der Waals surface area contributed by atoms with Crippen molar-refractivity contribution in [2.45, 2.75) is 32.4 Å². The van der Waals surface area contributed by atoms with Crippen molar-refractivity contribution in [2.75, 3.05) is 33.3 Å². The average molecular weight is 262 g/mol. The molecule has 3 nitrogen and oxygen atoms in total. The molecule has 0 aromatic heterocycles. The van der Waals surface area contributed by atoms with E-state index in [9.17, 15) is 0 Å². The Labute approximate surface area is 116 Å². The quantitative estimate of drug-likeness (QED) is 0.881. The van der Waals surface area contributed by atoms with Crippen LogP contribution in [0, 0.1) is 6.92 Å². The van der Waals surface area contributed by atoms with Gasteiger partial charge in [0.2, 0.25) is 0 Å². The van der Waals surface area contributed by atoms with Crippen molar-refractivity contribution in [1.29, 1.82) is 0 Å². The lowest BCUT2D eigenvalue weighted by molar-refractivity contribution is -0.0392. The Kier molecular flexibility index (Phi) is 5.37. The van der Waals surface area contributed by atoms with Gasteiger partial charge in [0.05, 0.1) is 18.8 Å². The summed E-state index contributed by atoms with van der Waals surface area (Å²) in [5, 5.41) is 3.65. The molecule has 0 amide bonds. The van der Waals surface area contributed by atoms with Crippen LogP contribution in [0.5, 0.6) is 0 Å². The number of morpholine rings is 1. The summed E-state index contributed by atoms with van der Waals surface area (Å²) < 4.78 is 6.00. The van der Waals surface area contributed by atoms with Gasteiger partial charge in [-0.3, -0.25) is 0 Å². The van der Waals surface area contributed by atoms with Crippen LogP contribution in [0.1, 0.15) is 30.5 Å². The van der Waals surface area contributed by atoms with E-state index in [1.807, 2.05) is 0 Å². The molecule has 0 spiro atoms. The van der Waals surface area contributed by atoms with Gasteiger partial charge in [0.1, 0.15) is 0 Å². The summed E-state index contributed by atoms with van der Waals surface area (Å²) in [7, 11) is 2.17. The lowest BCUT2D eigenvalue weighted by atomic mass is 9.98. The van der Waals surface area contributed by atoms with E-state index in [0.717, 1.165) is 32.7 Å². The summed E-state index contributed by atoms with van der Waals surface area (Å²) in [5.41, 5.74) is 2.65. The van der Waals surface area contributed by atoms with Gasteiger partial charge in [0.15, 0.2) is 0 Å². The van der Waals surface area contributed by atoms with E-state index in [4.69, 9.17) is 4.74 Å². The molecular formula is C16H26N2O. The van der Waals surface area contributed by atoms with Crippen LogP contribution in [0.25, 0.3) is 0 Å². The van der Waals surface area contributed by atoms with Crippen LogP contribution >= 0.6 is 0 Å². The highest BCUT2D eigenvalue weighted by Crippen LogP contribution is 2.23. The van der Waals surface area contributed by atoms with E-state index in [1.165, 1.54) is 11.1 Å². The highest BCUT2D eigenvalue weighted by atomic mass is 16.5. The number of hydrogen-bond donors (Lipinski definition) is 1.